The van der Waals surface area contributed by atoms with Gasteiger partial charge in [-0.3, -0.25) is 0 Å². The molecule has 0 N–H and O–H groups in total. The Balaban J connectivity index is 1.26. The quantitative estimate of drug-likeness (QED) is 0.180. The minimum Gasteiger partial charge on any atom is -0.458 e. The highest BCUT2D eigenvalue weighted by molar-refractivity contribution is 7.19. The molecule has 0 saturated carbocycles. The van der Waals surface area contributed by atoms with Gasteiger partial charge in [-0.1, -0.05) is 146 Å². The largest absolute Gasteiger partial charge is 0.458 e. The van der Waals surface area contributed by atoms with Crippen molar-refractivity contribution in [1.82, 2.24) is 0 Å². The maximum Gasteiger partial charge on any atom is 0.260 e. The first-order valence-electron chi connectivity index (χ1n) is 16.2. The number of rotatable bonds is 5. The van der Waals surface area contributed by atoms with Crippen molar-refractivity contribution in [2.75, 3.05) is 0 Å². The first kappa shape index (κ1) is 27.7. The van der Waals surface area contributed by atoms with E-state index in [-0.39, 0.29) is 6.71 Å². The normalized spacial score (nSPS) is 12.7. The number of hydrogen-bond acceptors (Lipinski definition) is 2. The Kier molecular flexibility index (Phi) is 6.51. The molecule has 0 fully saturated rings. The van der Waals surface area contributed by atoms with Crippen molar-refractivity contribution in [3.05, 3.63) is 175 Å². The SMILES string of the molecule is Cc1ccc2c(c1)Oc1cc(-c3cccc([Si](c4ccccc4)(c4ccccc4)c4ccccc4)c3)cc3c1B2c1ccccc1O3. The molecule has 0 aliphatic carbocycles. The Labute approximate surface area is 277 Å². The number of ether oxygens (including phenoxy) is 2. The van der Waals surface area contributed by atoms with Gasteiger partial charge in [-0.05, 0) is 79.6 Å². The van der Waals surface area contributed by atoms with Crippen LogP contribution in [0.4, 0.5) is 0 Å². The minimum absolute atomic E-state index is 0.0592. The van der Waals surface area contributed by atoms with Gasteiger partial charge >= 0.3 is 0 Å². The first-order valence-corrected chi connectivity index (χ1v) is 18.2. The fourth-order valence-corrected chi connectivity index (χ4v) is 12.5. The summed E-state index contributed by atoms with van der Waals surface area (Å²) < 4.78 is 13.4. The molecule has 2 aliphatic heterocycles. The average molecular weight is 619 g/mol. The standard InChI is InChI=1S/C43H31BO2Si/c1-30-24-25-38-40(26-30)46-42-29-32(28-41-43(42)44(38)37-22-11-12-23-39(37)45-41)31-14-13-21-36(27-31)47(33-15-5-2-6-16-33,34-17-7-3-8-18-34)35-19-9-4-10-20-35/h2-29H,1H3. The average Bonchev–Trinajstić information content (AvgIpc) is 3.13. The molecule has 0 atom stereocenters. The second-order valence-electron chi connectivity index (χ2n) is 12.5. The molecule has 0 unspecified atom stereocenters. The summed E-state index contributed by atoms with van der Waals surface area (Å²) in [5.74, 6) is 3.53. The Morgan fingerprint density at radius 3 is 1.57 bits per heavy atom. The number of hydrogen-bond donors (Lipinski definition) is 0. The summed E-state index contributed by atoms with van der Waals surface area (Å²) in [5.41, 5.74) is 6.85. The van der Waals surface area contributed by atoms with E-state index in [1.807, 2.05) is 0 Å². The molecule has 0 spiro atoms. The molecule has 0 radical (unpaired) electrons. The highest BCUT2D eigenvalue weighted by Gasteiger charge is 2.42. The molecule has 4 heteroatoms. The molecular weight excluding hydrogens is 587 g/mol. The maximum absolute atomic E-state index is 6.72. The number of aryl methyl sites for hydroxylation is 1. The highest BCUT2D eigenvalue weighted by Crippen LogP contribution is 2.38. The second-order valence-corrected chi connectivity index (χ2v) is 16.3. The van der Waals surface area contributed by atoms with Crippen LogP contribution in [-0.2, 0) is 0 Å². The topological polar surface area (TPSA) is 18.5 Å². The van der Waals surface area contributed by atoms with Gasteiger partial charge in [0.15, 0.2) is 8.07 Å². The first-order chi connectivity index (χ1) is 23.2. The van der Waals surface area contributed by atoms with Crippen molar-refractivity contribution in [2.24, 2.45) is 0 Å². The van der Waals surface area contributed by atoms with E-state index in [0.717, 1.165) is 39.6 Å². The van der Waals surface area contributed by atoms with E-state index in [0.29, 0.717) is 0 Å². The van der Waals surface area contributed by atoms with Crippen LogP contribution in [-0.4, -0.2) is 14.8 Å². The maximum atomic E-state index is 6.72. The van der Waals surface area contributed by atoms with Gasteiger partial charge in [-0.25, -0.2) is 0 Å². The Morgan fingerprint density at radius 1 is 0.404 bits per heavy atom. The lowest BCUT2D eigenvalue weighted by atomic mass is 9.35. The minimum atomic E-state index is -2.68. The van der Waals surface area contributed by atoms with Gasteiger partial charge in [-0.2, -0.15) is 0 Å². The summed E-state index contributed by atoms with van der Waals surface area (Å²) in [4.78, 5) is 0. The summed E-state index contributed by atoms with van der Waals surface area (Å²) in [6.07, 6.45) is 0. The molecule has 7 aromatic rings. The lowest BCUT2D eigenvalue weighted by Crippen LogP contribution is -2.74. The molecule has 2 heterocycles. The number of fused-ring (bicyclic) bond motifs is 4. The molecule has 0 amide bonds. The Bertz CT molecular complexity index is 2170. The third-order valence-corrected chi connectivity index (χ3v) is 14.6. The summed E-state index contributed by atoms with van der Waals surface area (Å²) in [7, 11) is -2.68. The molecule has 47 heavy (non-hydrogen) atoms. The summed E-state index contributed by atoms with van der Waals surface area (Å²) >= 11 is 0. The van der Waals surface area contributed by atoms with E-state index < -0.39 is 8.07 Å². The molecule has 2 nitrogen and oxygen atoms in total. The third kappa shape index (κ3) is 4.40. The van der Waals surface area contributed by atoms with Crippen LogP contribution >= 0.6 is 0 Å². The van der Waals surface area contributed by atoms with Crippen LogP contribution in [0.25, 0.3) is 11.1 Å². The molecule has 2 aliphatic rings. The molecule has 9 rings (SSSR count). The smallest absolute Gasteiger partial charge is 0.260 e. The van der Waals surface area contributed by atoms with Crippen molar-refractivity contribution < 1.29 is 9.47 Å². The van der Waals surface area contributed by atoms with Crippen molar-refractivity contribution in [3.8, 4) is 34.1 Å². The van der Waals surface area contributed by atoms with Crippen molar-refractivity contribution >= 4 is 51.9 Å². The highest BCUT2D eigenvalue weighted by atomic mass is 28.3. The van der Waals surface area contributed by atoms with Gasteiger partial charge in [0, 0.05) is 5.46 Å². The van der Waals surface area contributed by atoms with Crippen molar-refractivity contribution in [1.29, 1.82) is 0 Å². The summed E-state index contributed by atoms with van der Waals surface area (Å²) in [6.45, 7) is 2.18. The van der Waals surface area contributed by atoms with Gasteiger partial charge in [0.05, 0.1) is 0 Å². The Hall–Kier alpha value is -5.58. The van der Waals surface area contributed by atoms with Crippen LogP contribution in [0.5, 0.6) is 23.0 Å². The molecule has 0 aromatic heterocycles. The van der Waals surface area contributed by atoms with Gasteiger partial charge in [-0.15, -0.1) is 0 Å². The zero-order chi connectivity index (χ0) is 31.4. The van der Waals surface area contributed by atoms with Crippen LogP contribution in [0.3, 0.4) is 0 Å². The third-order valence-electron chi connectivity index (χ3n) is 9.79. The summed E-state index contributed by atoms with van der Waals surface area (Å²) in [5, 5.41) is 5.39. The fourth-order valence-electron chi connectivity index (χ4n) is 7.71. The number of benzene rings is 7. The molecule has 0 saturated heterocycles. The molecule has 7 aromatic carbocycles. The molecular formula is C43H31BO2Si. The lowest BCUT2D eigenvalue weighted by molar-refractivity contribution is 0.464. The monoisotopic (exact) mass is 618 g/mol. The van der Waals surface area contributed by atoms with Crippen LogP contribution in [0, 0.1) is 6.92 Å². The molecule has 0 bridgehead atoms. The van der Waals surface area contributed by atoms with E-state index in [4.69, 9.17) is 9.47 Å². The van der Waals surface area contributed by atoms with Crippen molar-refractivity contribution in [2.45, 2.75) is 6.92 Å². The predicted molar refractivity (Wildman–Crippen MR) is 198 cm³/mol. The lowest BCUT2D eigenvalue weighted by Gasteiger charge is -2.35. The van der Waals surface area contributed by atoms with Gasteiger partial charge in [0.25, 0.3) is 6.71 Å². The van der Waals surface area contributed by atoms with Crippen LogP contribution < -0.4 is 46.6 Å². The van der Waals surface area contributed by atoms with E-state index in [9.17, 15) is 0 Å². The van der Waals surface area contributed by atoms with Gasteiger partial charge in [0.2, 0.25) is 0 Å². The van der Waals surface area contributed by atoms with E-state index >= 15 is 0 Å². The van der Waals surface area contributed by atoms with Crippen molar-refractivity contribution in [3.63, 3.8) is 0 Å². The van der Waals surface area contributed by atoms with Gasteiger partial charge in [0.1, 0.15) is 23.0 Å². The van der Waals surface area contributed by atoms with Crippen LogP contribution in [0.15, 0.2) is 170 Å². The number of para-hydroxylation sites is 1. The summed E-state index contributed by atoms with van der Waals surface area (Å²) in [6, 6.07) is 61.7. The van der Waals surface area contributed by atoms with E-state index in [2.05, 4.69) is 177 Å². The predicted octanol–water partition coefficient (Wildman–Crippen LogP) is 5.77. The second kappa shape index (κ2) is 11.0. The van der Waals surface area contributed by atoms with Crippen LogP contribution in [0.2, 0.25) is 0 Å². The fraction of sp³-hybridized carbons (Fsp3) is 0.0233. The van der Waals surface area contributed by atoms with Crippen LogP contribution in [0.1, 0.15) is 5.56 Å². The Morgan fingerprint density at radius 2 is 0.936 bits per heavy atom. The zero-order valence-electron chi connectivity index (χ0n) is 26.1. The van der Waals surface area contributed by atoms with E-state index in [1.165, 1.54) is 37.2 Å². The van der Waals surface area contributed by atoms with E-state index in [1.54, 1.807) is 0 Å². The van der Waals surface area contributed by atoms with Gasteiger partial charge < -0.3 is 9.47 Å². The zero-order valence-corrected chi connectivity index (χ0v) is 27.1. The molecule has 222 valence electrons.